The van der Waals surface area contributed by atoms with Crippen LogP contribution in [0.1, 0.15) is 0 Å². The molecule has 12 aromatic rings. The van der Waals surface area contributed by atoms with Gasteiger partial charge in [-0.15, -0.1) is 16.4 Å². The first-order valence-electron chi connectivity index (χ1n) is 20.2. The number of nitrogens with zero attached hydrogens (tertiary/aromatic N) is 6. The molecule has 0 fully saturated rings. The zero-order chi connectivity index (χ0) is 41.8. The van der Waals surface area contributed by atoms with Gasteiger partial charge in [0.1, 0.15) is 39.2 Å². The van der Waals surface area contributed by atoms with E-state index in [-0.39, 0.29) is 27.3 Å². The molecule has 4 heterocycles. The normalized spacial score (nSPS) is 11.9. The van der Waals surface area contributed by atoms with Crippen molar-refractivity contribution in [1.29, 1.82) is 0 Å². The van der Waals surface area contributed by atoms with Crippen molar-refractivity contribution in [1.82, 2.24) is 28.7 Å². The van der Waals surface area contributed by atoms with E-state index in [0.29, 0.717) is 23.3 Å². The molecule has 0 bridgehead atoms. The average Bonchev–Trinajstić information content (AvgIpc) is 3.96. The second kappa shape index (κ2) is 13.8. The Morgan fingerprint density at radius 1 is 0.323 bits per heavy atom. The Balaban J connectivity index is 1.20. The van der Waals surface area contributed by atoms with Crippen molar-refractivity contribution in [3.8, 4) is 40.1 Å². The zero-order valence-electron chi connectivity index (χ0n) is 33.2. The Labute approximate surface area is 362 Å². The van der Waals surface area contributed by atoms with E-state index in [2.05, 4.69) is 111 Å². The van der Waals surface area contributed by atoms with Crippen LogP contribution < -0.4 is 27.3 Å². The van der Waals surface area contributed by atoms with E-state index in [1.54, 1.807) is 0 Å². The minimum absolute atomic E-state index is 0.151. The molecule has 11 heteroatoms. The zero-order valence-corrected chi connectivity index (χ0v) is 33.2. The Morgan fingerprint density at radius 2 is 0.774 bits per heavy atom. The van der Waals surface area contributed by atoms with Gasteiger partial charge in [-0.05, 0) is 48.5 Å². The van der Waals surface area contributed by atoms with Crippen molar-refractivity contribution in [3.05, 3.63) is 164 Å². The van der Waals surface area contributed by atoms with E-state index < -0.39 is 0 Å². The summed E-state index contributed by atoms with van der Waals surface area (Å²) >= 11 is 0. The molecule has 0 aliphatic heterocycles. The van der Waals surface area contributed by atoms with Gasteiger partial charge in [0.25, 0.3) is 0 Å². The SMILES string of the molecule is [B]c1c([B])c([B])c(-n2c3ccccc3c3ccc4c5ccccc5n(-c5nc(-c6ccccc6)nc(-c6ccc7c(c6)c6ccccc6n7-c6ccccc6)n5)c4c32)c([B])c1[B]. The van der Waals surface area contributed by atoms with Crippen molar-refractivity contribution in [2.75, 3.05) is 0 Å². The summed E-state index contributed by atoms with van der Waals surface area (Å²) in [6.07, 6.45) is 0. The van der Waals surface area contributed by atoms with Crippen molar-refractivity contribution >= 4 is 132 Å². The third-order valence-electron chi connectivity index (χ3n) is 12.2. The number of para-hydroxylation sites is 4. The standard InChI is InChI=1S/C51H27B5N6/c52-41-42(53)44(55)48(45(56)43(41)54)61-38-21-11-7-17-31(38)34-24-25-35-32-18-8-12-22-39(32)62(47(35)46(34)61)51-58-49(28-13-3-1-4-14-28)57-50(59-51)29-23-26-40-36(27-29)33-19-9-10-20-37(33)60(40)30-15-5-2-6-16-30/h1-27H. The van der Waals surface area contributed by atoms with Crippen LogP contribution in [0.3, 0.4) is 0 Å². The van der Waals surface area contributed by atoms with Gasteiger partial charge >= 0.3 is 0 Å². The molecule has 0 spiro atoms. The number of rotatable bonds is 5. The van der Waals surface area contributed by atoms with E-state index in [9.17, 15) is 0 Å². The largest absolute Gasteiger partial charge is 0.309 e. The van der Waals surface area contributed by atoms with Gasteiger partial charge in [-0.3, -0.25) is 4.57 Å². The second-order valence-corrected chi connectivity index (χ2v) is 15.5. The van der Waals surface area contributed by atoms with E-state index in [0.717, 1.165) is 82.2 Å². The van der Waals surface area contributed by atoms with Crippen LogP contribution in [0.2, 0.25) is 0 Å². The van der Waals surface area contributed by atoms with E-state index in [1.165, 1.54) is 0 Å². The maximum absolute atomic E-state index is 6.87. The lowest BCUT2D eigenvalue weighted by Gasteiger charge is -2.23. The average molecular weight is 778 g/mol. The topological polar surface area (TPSA) is 53.5 Å². The lowest BCUT2D eigenvalue weighted by molar-refractivity contribution is 0.954. The van der Waals surface area contributed by atoms with Crippen LogP contribution in [-0.4, -0.2) is 67.9 Å². The third kappa shape index (κ3) is 5.21. The fraction of sp³-hybridized carbons (Fsp3) is 0. The van der Waals surface area contributed by atoms with Gasteiger partial charge in [0.2, 0.25) is 5.95 Å². The molecule has 0 amide bonds. The van der Waals surface area contributed by atoms with Crippen molar-refractivity contribution in [2.24, 2.45) is 0 Å². The van der Waals surface area contributed by atoms with Crippen LogP contribution in [-0.2, 0) is 0 Å². The number of hydrogen-bond donors (Lipinski definition) is 0. The molecule has 0 unspecified atom stereocenters. The lowest BCUT2D eigenvalue weighted by atomic mass is 9.61. The summed E-state index contributed by atoms with van der Waals surface area (Å²) in [5.74, 6) is 1.50. The van der Waals surface area contributed by atoms with Gasteiger partial charge in [-0.25, -0.2) is 4.98 Å². The Bertz CT molecular complexity index is 3790. The molecule has 0 N–H and O–H groups in total. The number of fused-ring (bicyclic) bond motifs is 10. The summed E-state index contributed by atoms with van der Waals surface area (Å²) in [6.45, 7) is 0. The predicted octanol–water partition coefficient (Wildman–Crippen LogP) is 6.47. The molecule has 0 atom stereocenters. The monoisotopic (exact) mass is 778 g/mol. The highest BCUT2D eigenvalue weighted by atomic mass is 15.2. The molecule has 8 aromatic carbocycles. The summed E-state index contributed by atoms with van der Waals surface area (Å²) in [4.78, 5) is 15.9. The van der Waals surface area contributed by atoms with Crippen LogP contribution in [0.25, 0.3) is 106 Å². The quantitative estimate of drug-likeness (QED) is 0.189. The van der Waals surface area contributed by atoms with Gasteiger partial charge in [0.05, 0.1) is 33.1 Å². The van der Waals surface area contributed by atoms with Crippen molar-refractivity contribution < 1.29 is 0 Å². The highest BCUT2D eigenvalue weighted by molar-refractivity contribution is 6.68. The molecule has 12 rings (SSSR count). The fourth-order valence-corrected chi connectivity index (χ4v) is 9.29. The number of hydrogen-bond acceptors (Lipinski definition) is 3. The van der Waals surface area contributed by atoms with Gasteiger partial charge < -0.3 is 9.13 Å². The van der Waals surface area contributed by atoms with Gasteiger partial charge in [-0.2, -0.15) is 9.97 Å². The highest BCUT2D eigenvalue weighted by Crippen LogP contribution is 2.41. The Morgan fingerprint density at radius 3 is 1.39 bits per heavy atom. The molecule has 0 saturated heterocycles. The summed E-state index contributed by atoms with van der Waals surface area (Å²) < 4.78 is 6.47. The minimum atomic E-state index is 0.151. The van der Waals surface area contributed by atoms with Crippen LogP contribution in [0.5, 0.6) is 0 Å². The maximum atomic E-state index is 6.87. The van der Waals surface area contributed by atoms with Gasteiger partial charge in [0.15, 0.2) is 11.6 Å². The first-order chi connectivity index (χ1) is 30.4. The maximum Gasteiger partial charge on any atom is 0.238 e. The third-order valence-corrected chi connectivity index (χ3v) is 12.2. The molecular formula is C51H27B5N6. The molecular weight excluding hydrogens is 751 g/mol. The number of benzene rings is 8. The molecule has 62 heavy (non-hydrogen) atoms. The molecule has 276 valence electrons. The minimum Gasteiger partial charge on any atom is -0.309 e. The fourth-order valence-electron chi connectivity index (χ4n) is 9.29. The van der Waals surface area contributed by atoms with Crippen LogP contribution >= 0.6 is 0 Å². The smallest absolute Gasteiger partial charge is 0.238 e. The number of aromatic nitrogens is 6. The van der Waals surface area contributed by atoms with E-state index >= 15 is 0 Å². The summed E-state index contributed by atoms with van der Waals surface area (Å²) in [7, 11) is 33.2. The molecule has 0 aliphatic rings. The lowest BCUT2D eigenvalue weighted by Crippen LogP contribution is -2.56. The molecule has 0 saturated carbocycles. The molecule has 4 aromatic heterocycles. The summed E-state index contributed by atoms with van der Waals surface area (Å²) in [6, 6.07) is 56.0. The molecule has 10 radical (unpaired) electrons. The van der Waals surface area contributed by atoms with Crippen LogP contribution in [0.4, 0.5) is 0 Å². The summed E-state index contributed by atoms with van der Waals surface area (Å²) in [5.41, 5.74) is 9.81. The predicted molar refractivity (Wildman–Crippen MR) is 261 cm³/mol. The Hall–Kier alpha value is -7.51. The van der Waals surface area contributed by atoms with E-state index in [1.807, 2.05) is 66.7 Å². The first-order valence-corrected chi connectivity index (χ1v) is 20.2. The Kier molecular flexibility index (Phi) is 8.07. The van der Waals surface area contributed by atoms with Crippen molar-refractivity contribution in [3.63, 3.8) is 0 Å². The van der Waals surface area contributed by atoms with Gasteiger partial charge in [-0.1, -0.05) is 126 Å². The second-order valence-electron chi connectivity index (χ2n) is 15.5. The first kappa shape index (κ1) is 36.4. The highest BCUT2D eigenvalue weighted by Gasteiger charge is 2.25. The van der Waals surface area contributed by atoms with E-state index in [4.69, 9.17) is 54.2 Å². The molecule has 6 nitrogen and oxygen atoms in total. The molecule has 0 aliphatic carbocycles. The summed E-state index contributed by atoms with van der Waals surface area (Å²) in [5, 5.41) is 6.15. The van der Waals surface area contributed by atoms with Crippen molar-refractivity contribution in [2.45, 2.75) is 0 Å². The van der Waals surface area contributed by atoms with Crippen LogP contribution in [0.15, 0.2) is 164 Å². The van der Waals surface area contributed by atoms with Crippen LogP contribution in [0, 0.1) is 0 Å². The van der Waals surface area contributed by atoms with Gasteiger partial charge in [0, 0.05) is 54.8 Å².